The van der Waals surface area contributed by atoms with Crippen molar-refractivity contribution in [1.29, 1.82) is 5.41 Å². The van der Waals surface area contributed by atoms with Crippen molar-refractivity contribution in [2.45, 2.75) is 32.0 Å². The van der Waals surface area contributed by atoms with E-state index in [2.05, 4.69) is 4.98 Å². The Labute approximate surface area is 182 Å². The van der Waals surface area contributed by atoms with Gasteiger partial charge in [-0.3, -0.25) is 0 Å². The quantitative estimate of drug-likeness (QED) is 0.305. The SMILES string of the molecule is Cc1nc(-c2ccc(C(F)(F)F)cc2)sc1C(OCc1ccc(C=N)c(F)c1)C(F)(F)F. The summed E-state index contributed by atoms with van der Waals surface area (Å²) in [4.78, 5) is 3.82. The highest BCUT2D eigenvalue weighted by atomic mass is 32.1. The third kappa shape index (κ3) is 5.33. The van der Waals surface area contributed by atoms with Gasteiger partial charge in [0.05, 0.1) is 22.7 Å². The minimum atomic E-state index is -4.80. The summed E-state index contributed by atoms with van der Waals surface area (Å²) in [5.74, 6) is -0.761. The molecule has 3 nitrogen and oxygen atoms in total. The van der Waals surface area contributed by atoms with Crippen LogP contribution in [-0.2, 0) is 17.5 Å². The van der Waals surface area contributed by atoms with Crippen LogP contribution >= 0.6 is 11.3 Å². The Morgan fingerprint density at radius 3 is 2.25 bits per heavy atom. The van der Waals surface area contributed by atoms with E-state index in [4.69, 9.17) is 10.1 Å². The molecule has 0 aliphatic heterocycles. The van der Waals surface area contributed by atoms with Crippen LogP contribution in [0, 0.1) is 18.2 Å². The Morgan fingerprint density at radius 2 is 1.72 bits per heavy atom. The van der Waals surface area contributed by atoms with Crippen molar-refractivity contribution in [3.05, 3.63) is 75.5 Å². The van der Waals surface area contributed by atoms with Crippen molar-refractivity contribution < 1.29 is 35.5 Å². The molecule has 0 aliphatic rings. The molecule has 0 amide bonds. The standard InChI is InChI=1S/C21H15F7N2OS/c1-11-17(32-19(30-11)13-4-6-15(7-5-13)20(23,24)25)18(21(26,27)28)31-10-12-2-3-14(9-29)16(22)8-12/h2-9,18,29H,10H2,1H3. The minimum absolute atomic E-state index is 0.0133. The highest BCUT2D eigenvalue weighted by Crippen LogP contribution is 2.43. The molecule has 1 unspecified atom stereocenters. The third-order valence-corrected chi connectivity index (χ3v) is 5.71. The first-order chi connectivity index (χ1) is 14.9. The fourth-order valence-electron chi connectivity index (χ4n) is 2.85. The molecule has 0 spiro atoms. The monoisotopic (exact) mass is 476 g/mol. The van der Waals surface area contributed by atoms with E-state index in [9.17, 15) is 30.7 Å². The van der Waals surface area contributed by atoms with Crippen molar-refractivity contribution >= 4 is 17.6 Å². The molecule has 1 aromatic heterocycles. The maximum Gasteiger partial charge on any atom is 0.419 e. The van der Waals surface area contributed by atoms with Gasteiger partial charge in [-0.1, -0.05) is 24.3 Å². The lowest BCUT2D eigenvalue weighted by Crippen LogP contribution is -2.23. The number of nitrogens with zero attached hydrogens (tertiary/aromatic N) is 1. The molecule has 0 saturated heterocycles. The molecule has 2 aromatic carbocycles. The number of rotatable bonds is 6. The van der Waals surface area contributed by atoms with E-state index < -0.39 is 36.4 Å². The first kappa shape index (κ1) is 23.9. The number of nitrogens with one attached hydrogen (secondary N) is 1. The lowest BCUT2D eigenvalue weighted by molar-refractivity contribution is -0.226. The molecular formula is C21H15F7N2OS. The van der Waals surface area contributed by atoms with Gasteiger partial charge in [0.15, 0.2) is 6.10 Å². The molecular weight excluding hydrogens is 461 g/mol. The molecule has 3 aromatic rings. The van der Waals surface area contributed by atoms with Crippen molar-refractivity contribution in [3.63, 3.8) is 0 Å². The van der Waals surface area contributed by atoms with E-state index in [0.29, 0.717) is 11.3 Å². The van der Waals surface area contributed by atoms with Gasteiger partial charge < -0.3 is 10.1 Å². The number of alkyl halides is 6. The Kier molecular flexibility index (Phi) is 6.70. The molecule has 1 atom stereocenters. The van der Waals surface area contributed by atoms with E-state index in [1.807, 2.05) is 0 Å². The summed E-state index contributed by atoms with van der Waals surface area (Å²) in [5.41, 5.74) is -0.485. The fourth-order valence-corrected chi connectivity index (χ4v) is 4.00. The number of ether oxygens (including phenoxy) is 1. The molecule has 1 heterocycles. The zero-order valence-electron chi connectivity index (χ0n) is 16.3. The number of thiazole rings is 1. The topological polar surface area (TPSA) is 46.0 Å². The van der Waals surface area contributed by atoms with Crippen LogP contribution in [0.25, 0.3) is 10.6 Å². The average Bonchev–Trinajstić information content (AvgIpc) is 3.08. The van der Waals surface area contributed by atoms with Crippen LogP contribution in [0.4, 0.5) is 30.7 Å². The van der Waals surface area contributed by atoms with Crippen LogP contribution < -0.4 is 0 Å². The van der Waals surface area contributed by atoms with Crippen LogP contribution in [0.2, 0.25) is 0 Å². The summed E-state index contributed by atoms with van der Waals surface area (Å²) in [5, 5.41) is 7.17. The number of aryl methyl sites for hydroxylation is 1. The van der Waals surface area contributed by atoms with E-state index in [0.717, 1.165) is 36.5 Å². The van der Waals surface area contributed by atoms with Crippen LogP contribution in [0.1, 0.15) is 33.4 Å². The second-order valence-corrected chi connectivity index (χ2v) is 7.81. The highest BCUT2D eigenvalue weighted by molar-refractivity contribution is 7.15. The molecule has 0 bridgehead atoms. The normalized spacial score (nSPS) is 13.2. The number of hydrogen-bond acceptors (Lipinski definition) is 4. The van der Waals surface area contributed by atoms with Gasteiger partial charge in [-0.15, -0.1) is 11.3 Å². The Morgan fingerprint density at radius 1 is 1.06 bits per heavy atom. The maximum atomic E-state index is 13.8. The minimum Gasteiger partial charge on any atom is -0.358 e. The second kappa shape index (κ2) is 8.99. The van der Waals surface area contributed by atoms with E-state index in [-0.39, 0.29) is 32.3 Å². The zero-order chi connectivity index (χ0) is 23.7. The number of benzene rings is 2. The van der Waals surface area contributed by atoms with Gasteiger partial charge in [0.2, 0.25) is 0 Å². The number of hydrogen-bond donors (Lipinski definition) is 1. The number of halogens is 7. The van der Waals surface area contributed by atoms with Crippen LogP contribution in [0.3, 0.4) is 0 Å². The van der Waals surface area contributed by atoms with Crippen molar-refractivity contribution in [2.24, 2.45) is 0 Å². The molecule has 11 heteroatoms. The van der Waals surface area contributed by atoms with Gasteiger partial charge in [0, 0.05) is 17.3 Å². The zero-order valence-corrected chi connectivity index (χ0v) is 17.1. The predicted molar refractivity (Wildman–Crippen MR) is 105 cm³/mol. The van der Waals surface area contributed by atoms with Gasteiger partial charge >= 0.3 is 12.4 Å². The summed E-state index contributed by atoms with van der Waals surface area (Å²) in [6.45, 7) is 0.798. The van der Waals surface area contributed by atoms with Gasteiger partial charge in [0.1, 0.15) is 10.8 Å². The van der Waals surface area contributed by atoms with Crippen LogP contribution in [0.5, 0.6) is 0 Å². The Bertz CT molecular complexity index is 1100. The molecule has 0 aliphatic carbocycles. The lowest BCUT2D eigenvalue weighted by Gasteiger charge is -2.20. The fraction of sp³-hybridized carbons (Fsp3) is 0.238. The van der Waals surface area contributed by atoms with Crippen molar-refractivity contribution in [1.82, 2.24) is 4.98 Å². The van der Waals surface area contributed by atoms with Crippen LogP contribution in [0.15, 0.2) is 42.5 Å². The van der Waals surface area contributed by atoms with Gasteiger partial charge in [-0.2, -0.15) is 26.3 Å². The largest absolute Gasteiger partial charge is 0.419 e. The molecule has 170 valence electrons. The Balaban J connectivity index is 1.86. The smallest absolute Gasteiger partial charge is 0.358 e. The first-order valence-corrected chi connectivity index (χ1v) is 9.84. The van der Waals surface area contributed by atoms with Crippen LogP contribution in [-0.4, -0.2) is 17.4 Å². The number of aromatic nitrogens is 1. The molecule has 0 fully saturated rings. The average molecular weight is 476 g/mol. The summed E-state index contributed by atoms with van der Waals surface area (Å²) < 4.78 is 98.2. The maximum absolute atomic E-state index is 13.8. The molecule has 32 heavy (non-hydrogen) atoms. The first-order valence-electron chi connectivity index (χ1n) is 9.02. The second-order valence-electron chi connectivity index (χ2n) is 6.78. The third-order valence-electron chi connectivity index (χ3n) is 4.46. The highest BCUT2D eigenvalue weighted by Gasteiger charge is 2.44. The van der Waals surface area contributed by atoms with E-state index >= 15 is 0 Å². The predicted octanol–water partition coefficient (Wildman–Crippen LogP) is 7.09. The molecule has 0 radical (unpaired) electrons. The van der Waals surface area contributed by atoms with Crippen molar-refractivity contribution in [2.75, 3.05) is 0 Å². The lowest BCUT2D eigenvalue weighted by atomic mass is 10.1. The van der Waals surface area contributed by atoms with Gasteiger partial charge in [0.25, 0.3) is 0 Å². The Hall–Kier alpha value is -2.79. The van der Waals surface area contributed by atoms with Gasteiger partial charge in [-0.25, -0.2) is 9.37 Å². The van der Waals surface area contributed by atoms with E-state index in [1.54, 1.807) is 0 Å². The summed E-state index contributed by atoms with van der Waals surface area (Å²) >= 11 is 0.664. The van der Waals surface area contributed by atoms with E-state index in [1.165, 1.54) is 19.1 Å². The van der Waals surface area contributed by atoms with Gasteiger partial charge in [-0.05, 0) is 30.7 Å². The summed E-state index contributed by atoms with van der Waals surface area (Å²) in [6.07, 6.45) is -10.9. The molecule has 3 rings (SSSR count). The summed E-state index contributed by atoms with van der Waals surface area (Å²) in [7, 11) is 0. The molecule has 1 N–H and O–H groups in total. The molecule has 0 saturated carbocycles. The summed E-state index contributed by atoms with van der Waals surface area (Å²) in [6, 6.07) is 7.53. The van der Waals surface area contributed by atoms with Crippen molar-refractivity contribution in [3.8, 4) is 10.6 Å².